The average Bonchev–Trinajstić information content (AvgIpc) is 2.91. The molecule has 118 valence electrons. The zero-order valence-corrected chi connectivity index (χ0v) is 13.0. The Hall–Kier alpha value is -2.76. The Morgan fingerprint density at radius 1 is 1.30 bits per heavy atom. The number of benzene rings is 1. The van der Waals surface area contributed by atoms with Crippen molar-refractivity contribution >= 4 is 22.6 Å². The van der Waals surface area contributed by atoms with Crippen molar-refractivity contribution in [2.24, 2.45) is 0 Å². The molecular formula is C17H17FN4O. The predicted molar refractivity (Wildman–Crippen MR) is 86.8 cm³/mol. The Morgan fingerprint density at radius 3 is 2.91 bits per heavy atom. The van der Waals surface area contributed by atoms with Gasteiger partial charge in [-0.05, 0) is 43.2 Å². The molecule has 1 aromatic carbocycles. The molecule has 6 heteroatoms. The molecule has 23 heavy (non-hydrogen) atoms. The van der Waals surface area contributed by atoms with E-state index >= 15 is 0 Å². The van der Waals surface area contributed by atoms with Gasteiger partial charge in [-0.2, -0.15) is 0 Å². The maximum Gasteiger partial charge on any atom is 0.227 e. The molecule has 2 heterocycles. The summed E-state index contributed by atoms with van der Waals surface area (Å²) >= 11 is 0. The van der Waals surface area contributed by atoms with Gasteiger partial charge in [-0.15, -0.1) is 0 Å². The number of hydrogen-bond acceptors (Lipinski definition) is 3. The highest BCUT2D eigenvalue weighted by atomic mass is 19.1. The van der Waals surface area contributed by atoms with Crippen molar-refractivity contribution in [2.75, 3.05) is 11.9 Å². The van der Waals surface area contributed by atoms with Crippen LogP contribution in [0.2, 0.25) is 0 Å². The fourth-order valence-electron chi connectivity index (χ4n) is 2.49. The number of nitrogens with one attached hydrogen (secondary N) is 1. The number of fused-ring (bicyclic) bond motifs is 1. The van der Waals surface area contributed by atoms with Crippen LogP contribution in [0.15, 0.2) is 36.7 Å². The third kappa shape index (κ3) is 3.36. The van der Waals surface area contributed by atoms with Crippen LogP contribution in [0, 0.1) is 12.7 Å². The molecule has 0 unspecified atom stereocenters. The van der Waals surface area contributed by atoms with Crippen LogP contribution in [0.25, 0.3) is 11.0 Å². The van der Waals surface area contributed by atoms with E-state index in [-0.39, 0.29) is 11.7 Å². The van der Waals surface area contributed by atoms with Gasteiger partial charge < -0.3 is 9.88 Å². The van der Waals surface area contributed by atoms with Gasteiger partial charge in [0.15, 0.2) is 0 Å². The van der Waals surface area contributed by atoms with Gasteiger partial charge in [0.25, 0.3) is 0 Å². The first-order chi connectivity index (χ1) is 11.0. The number of aryl methyl sites for hydroxylation is 2. The summed E-state index contributed by atoms with van der Waals surface area (Å²) in [5.74, 6) is 0.415. The molecule has 0 aliphatic rings. The Kier molecular flexibility index (Phi) is 4.06. The number of imidazole rings is 1. The number of carbonyl (C=O) groups is 1. The van der Waals surface area contributed by atoms with Gasteiger partial charge in [0.05, 0.1) is 17.2 Å². The summed E-state index contributed by atoms with van der Waals surface area (Å²) in [7, 11) is 1.73. The topological polar surface area (TPSA) is 61.9 Å². The molecule has 0 aliphatic heterocycles. The van der Waals surface area contributed by atoms with E-state index in [1.54, 1.807) is 18.1 Å². The molecule has 0 aliphatic carbocycles. The number of aromatic nitrogens is 3. The highest BCUT2D eigenvalue weighted by molar-refractivity contribution is 5.94. The quantitative estimate of drug-likeness (QED) is 0.805. The number of amides is 1. The standard InChI is InChI=1S/C17H17FN4O/c1-11-20-15-5-4-14(8-16(15)21-11)22(2)17(23)6-3-12-7-13(18)10-19-9-12/h4-5,7-10H,3,6H2,1-2H3,(H,20,21). The summed E-state index contributed by atoms with van der Waals surface area (Å²) in [5, 5.41) is 0. The zero-order chi connectivity index (χ0) is 16.4. The summed E-state index contributed by atoms with van der Waals surface area (Å²) in [6.45, 7) is 1.89. The van der Waals surface area contributed by atoms with Crippen molar-refractivity contribution in [3.8, 4) is 0 Å². The molecule has 2 aromatic heterocycles. The highest BCUT2D eigenvalue weighted by Gasteiger charge is 2.12. The van der Waals surface area contributed by atoms with Crippen LogP contribution in [0.1, 0.15) is 17.8 Å². The minimum Gasteiger partial charge on any atom is -0.342 e. The lowest BCUT2D eigenvalue weighted by Crippen LogP contribution is -2.26. The Morgan fingerprint density at radius 2 is 2.13 bits per heavy atom. The number of nitrogens with zero attached hydrogens (tertiary/aromatic N) is 3. The van der Waals surface area contributed by atoms with Crippen LogP contribution >= 0.6 is 0 Å². The highest BCUT2D eigenvalue weighted by Crippen LogP contribution is 2.20. The lowest BCUT2D eigenvalue weighted by molar-refractivity contribution is -0.118. The van der Waals surface area contributed by atoms with Gasteiger partial charge in [-0.3, -0.25) is 9.78 Å². The zero-order valence-electron chi connectivity index (χ0n) is 13.0. The maximum absolute atomic E-state index is 13.1. The van der Waals surface area contributed by atoms with Gasteiger partial charge in [0.1, 0.15) is 11.6 Å². The van der Waals surface area contributed by atoms with Crippen LogP contribution < -0.4 is 4.90 Å². The first-order valence-electron chi connectivity index (χ1n) is 7.35. The predicted octanol–water partition coefficient (Wildman–Crippen LogP) is 3.00. The van der Waals surface area contributed by atoms with Crippen molar-refractivity contribution in [1.29, 1.82) is 0 Å². The van der Waals surface area contributed by atoms with Gasteiger partial charge in [0.2, 0.25) is 5.91 Å². The number of carbonyl (C=O) groups excluding carboxylic acids is 1. The van der Waals surface area contributed by atoms with E-state index in [0.29, 0.717) is 18.4 Å². The molecule has 0 atom stereocenters. The number of halogens is 1. The minimum absolute atomic E-state index is 0.0372. The van der Waals surface area contributed by atoms with Crippen molar-refractivity contribution in [2.45, 2.75) is 19.8 Å². The fourth-order valence-corrected chi connectivity index (χ4v) is 2.49. The summed E-state index contributed by atoms with van der Waals surface area (Å²) in [6, 6.07) is 7.05. The van der Waals surface area contributed by atoms with Gasteiger partial charge >= 0.3 is 0 Å². The molecular weight excluding hydrogens is 295 g/mol. The molecule has 0 fully saturated rings. The van der Waals surface area contributed by atoms with E-state index in [1.807, 2.05) is 25.1 Å². The van der Waals surface area contributed by atoms with Crippen molar-refractivity contribution < 1.29 is 9.18 Å². The molecule has 1 N–H and O–H groups in total. The lowest BCUT2D eigenvalue weighted by atomic mass is 10.1. The number of anilines is 1. The third-order valence-electron chi connectivity index (χ3n) is 3.73. The Balaban J connectivity index is 1.70. The van der Waals surface area contributed by atoms with E-state index in [1.165, 1.54) is 6.07 Å². The first-order valence-corrected chi connectivity index (χ1v) is 7.35. The lowest BCUT2D eigenvalue weighted by Gasteiger charge is -2.17. The summed E-state index contributed by atoms with van der Waals surface area (Å²) in [6.07, 6.45) is 3.48. The van der Waals surface area contributed by atoms with Crippen molar-refractivity contribution in [3.63, 3.8) is 0 Å². The summed E-state index contributed by atoms with van der Waals surface area (Å²) in [5.41, 5.74) is 3.28. The second-order valence-corrected chi connectivity index (χ2v) is 5.49. The van der Waals surface area contributed by atoms with Gasteiger partial charge in [-0.25, -0.2) is 9.37 Å². The summed E-state index contributed by atoms with van der Waals surface area (Å²) in [4.78, 5) is 25.2. The average molecular weight is 312 g/mol. The Labute approximate surface area is 133 Å². The van der Waals surface area contributed by atoms with E-state index < -0.39 is 0 Å². The van der Waals surface area contributed by atoms with Crippen LogP contribution in [0.3, 0.4) is 0 Å². The molecule has 0 radical (unpaired) electrons. The molecule has 5 nitrogen and oxygen atoms in total. The number of H-pyrrole nitrogens is 1. The largest absolute Gasteiger partial charge is 0.342 e. The van der Waals surface area contributed by atoms with E-state index in [2.05, 4.69) is 15.0 Å². The number of rotatable bonds is 4. The molecule has 0 spiro atoms. The van der Waals surface area contributed by atoms with Crippen LogP contribution in [-0.2, 0) is 11.2 Å². The minimum atomic E-state index is -0.386. The second kappa shape index (κ2) is 6.16. The second-order valence-electron chi connectivity index (χ2n) is 5.49. The summed E-state index contributed by atoms with van der Waals surface area (Å²) < 4.78 is 13.1. The molecule has 1 amide bonds. The number of pyridine rings is 1. The SMILES string of the molecule is Cc1nc2ccc(N(C)C(=O)CCc3cncc(F)c3)cc2[nH]1. The van der Waals surface area contributed by atoms with Gasteiger partial charge in [0, 0.05) is 25.4 Å². The molecule has 3 rings (SSSR count). The first kappa shape index (κ1) is 15.1. The van der Waals surface area contributed by atoms with Crippen molar-refractivity contribution in [1.82, 2.24) is 15.0 Å². The third-order valence-corrected chi connectivity index (χ3v) is 3.73. The smallest absolute Gasteiger partial charge is 0.227 e. The molecule has 3 aromatic rings. The van der Waals surface area contributed by atoms with E-state index in [0.717, 1.165) is 28.7 Å². The number of aromatic amines is 1. The fraction of sp³-hybridized carbons (Fsp3) is 0.235. The monoisotopic (exact) mass is 312 g/mol. The van der Waals surface area contributed by atoms with Crippen molar-refractivity contribution in [3.05, 3.63) is 53.9 Å². The van der Waals surface area contributed by atoms with Gasteiger partial charge in [-0.1, -0.05) is 0 Å². The van der Waals surface area contributed by atoms with E-state index in [9.17, 15) is 9.18 Å². The normalized spacial score (nSPS) is 10.9. The molecule has 0 saturated carbocycles. The number of hydrogen-bond donors (Lipinski definition) is 1. The van der Waals surface area contributed by atoms with Crippen LogP contribution in [0.5, 0.6) is 0 Å². The maximum atomic E-state index is 13.1. The molecule has 0 saturated heterocycles. The Bertz CT molecular complexity index is 859. The van der Waals surface area contributed by atoms with E-state index in [4.69, 9.17) is 0 Å². The van der Waals surface area contributed by atoms with Crippen LogP contribution in [-0.4, -0.2) is 27.9 Å². The molecule has 0 bridgehead atoms. The van der Waals surface area contributed by atoms with Crippen LogP contribution in [0.4, 0.5) is 10.1 Å².